The van der Waals surface area contributed by atoms with Gasteiger partial charge in [0, 0.05) is 11.0 Å². The minimum atomic E-state index is -0.980. The molecule has 0 aromatic heterocycles. The van der Waals surface area contributed by atoms with Crippen LogP contribution in [0.4, 0.5) is 14.9 Å². The highest BCUT2D eigenvalue weighted by Gasteiger charge is 2.22. The van der Waals surface area contributed by atoms with Crippen molar-refractivity contribution in [1.82, 2.24) is 5.32 Å². The van der Waals surface area contributed by atoms with Crippen LogP contribution >= 0.6 is 27.5 Å². The number of halogens is 3. The van der Waals surface area contributed by atoms with Gasteiger partial charge in [-0.2, -0.15) is 0 Å². The van der Waals surface area contributed by atoms with Gasteiger partial charge in [0.25, 0.3) is 0 Å². The molecule has 0 aliphatic carbocycles. The maximum absolute atomic E-state index is 13.1. The van der Waals surface area contributed by atoms with E-state index in [-0.39, 0.29) is 23.2 Å². The van der Waals surface area contributed by atoms with Gasteiger partial charge in [0.15, 0.2) is 0 Å². The lowest BCUT2D eigenvalue weighted by Crippen LogP contribution is -2.37. The van der Waals surface area contributed by atoms with E-state index >= 15 is 0 Å². The van der Waals surface area contributed by atoms with E-state index in [1.807, 2.05) is 0 Å². The van der Waals surface area contributed by atoms with Crippen molar-refractivity contribution >= 4 is 45.2 Å². The summed E-state index contributed by atoms with van der Waals surface area (Å²) in [4.78, 5) is 22.8. The molecule has 3 N–H and O–H groups in total. The predicted octanol–water partition coefficient (Wildman–Crippen LogP) is 3.72. The molecule has 0 heterocycles. The Hall–Kier alpha value is -1.34. The molecule has 1 aromatic carbocycles. The van der Waals surface area contributed by atoms with Gasteiger partial charge in [-0.05, 0) is 34.0 Å². The number of anilines is 1. The fraction of sp³-hybridized carbons (Fsp3) is 0.385. The van der Waals surface area contributed by atoms with Gasteiger partial charge < -0.3 is 15.7 Å². The lowest BCUT2D eigenvalue weighted by molar-refractivity contribution is -0.142. The molecule has 0 saturated carbocycles. The van der Waals surface area contributed by atoms with Crippen LogP contribution in [0.2, 0.25) is 5.02 Å². The summed E-state index contributed by atoms with van der Waals surface area (Å²) in [6.45, 7) is 3.49. The topological polar surface area (TPSA) is 78.4 Å². The highest BCUT2D eigenvalue weighted by molar-refractivity contribution is 9.10. The maximum atomic E-state index is 13.1. The number of amides is 2. The molecule has 116 valence electrons. The minimum Gasteiger partial charge on any atom is -0.481 e. The van der Waals surface area contributed by atoms with E-state index in [9.17, 15) is 14.0 Å². The first-order valence-electron chi connectivity index (χ1n) is 6.14. The first-order valence-corrected chi connectivity index (χ1v) is 7.31. The lowest BCUT2D eigenvalue weighted by Gasteiger charge is -2.17. The number of urea groups is 1. The molecule has 1 atom stereocenters. The summed E-state index contributed by atoms with van der Waals surface area (Å²) in [5, 5.41) is 14.0. The Balaban J connectivity index is 2.69. The Bertz CT molecular complexity index is 531. The molecule has 1 aromatic rings. The van der Waals surface area contributed by atoms with E-state index in [4.69, 9.17) is 16.7 Å². The van der Waals surface area contributed by atoms with Crippen LogP contribution in [-0.4, -0.2) is 23.7 Å². The second-order valence-electron chi connectivity index (χ2n) is 4.77. The SMILES string of the molecule is CC(C)C(CNC(=O)Nc1c(Cl)cc(F)cc1Br)C(=O)O. The highest BCUT2D eigenvalue weighted by Crippen LogP contribution is 2.31. The van der Waals surface area contributed by atoms with Crippen molar-refractivity contribution in [3.63, 3.8) is 0 Å². The summed E-state index contributed by atoms with van der Waals surface area (Å²) in [6, 6.07) is 1.61. The number of benzene rings is 1. The molecule has 2 amide bonds. The Morgan fingerprint density at radius 3 is 2.52 bits per heavy atom. The summed E-state index contributed by atoms with van der Waals surface area (Å²) in [6.07, 6.45) is 0. The second kappa shape index (κ2) is 7.61. The summed E-state index contributed by atoms with van der Waals surface area (Å²) >= 11 is 8.93. The van der Waals surface area contributed by atoms with Crippen molar-refractivity contribution in [2.24, 2.45) is 11.8 Å². The van der Waals surface area contributed by atoms with Crippen molar-refractivity contribution < 1.29 is 19.1 Å². The van der Waals surface area contributed by atoms with Gasteiger partial charge >= 0.3 is 12.0 Å². The highest BCUT2D eigenvalue weighted by atomic mass is 79.9. The molecule has 0 saturated heterocycles. The van der Waals surface area contributed by atoms with Crippen molar-refractivity contribution in [3.8, 4) is 0 Å². The first-order chi connectivity index (χ1) is 9.72. The number of aliphatic carboxylic acids is 1. The smallest absolute Gasteiger partial charge is 0.319 e. The number of carboxylic acid groups (broad SMARTS) is 1. The number of carbonyl (C=O) groups is 2. The number of rotatable bonds is 5. The first kappa shape index (κ1) is 17.7. The van der Waals surface area contributed by atoms with E-state index in [0.717, 1.165) is 12.1 Å². The number of hydrogen-bond donors (Lipinski definition) is 3. The number of carboxylic acids is 1. The van der Waals surface area contributed by atoms with Crippen LogP contribution in [0.1, 0.15) is 13.8 Å². The number of hydrogen-bond acceptors (Lipinski definition) is 2. The zero-order chi connectivity index (χ0) is 16.2. The van der Waals surface area contributed by atoms with Crippen molar-refractivity contribution in [1.29, 1.82) is 0 Å². The molecule has 0 fully saturated rings. The predicted molar refractivity (Wildman–Crippen MR) is 82.1 cm³/mol. The van der Waals surface area contributed by atoms with Gasteiger partial charge in [0.2, 0.25) is 0 Å². The number of nitrogens with one attached hydrogen (secondary N) is 2. The minimum absolute atomic E-state index is 0.0186. The van der Waals surface area contributed by atoms with Crippen LogP contribution in [-0.2, 0) is 4.79 Å². The molecule has 1 unspecified atom stereocenters. The Kier molecular flexibility index (Phi) is 6.42. The monoisotopic (exact) mass is 380 g/mol. The summed E-state index contributed by atoms with van der Waals surface area (Å²) < 4.78 is 13.4. The van der Waals surface area contributed by atoms with Crippen LogP contribution in [0, 0.1) is 17.7 Å². The van der Waals surface area contributed by atoms with Gasteiger partial charge in [0.1, 0.15) is 5.82 Å². The largest absolute Gasteiger partial charge is 0.481 e. The normalized spacial score (nSPS) is 12.1. The van der Waals surface area contributed by atoms with Gasteiger partial charge in [0.05, 0.1) is 16.6 Å². The van der Waals surface area contributed by atoms with Crippen LogP contribution < -0.4 is 10.6 Å². The molecule has 0 radical (unpaired) electrons. The Morgan fingerprint density at radius 2 is 2.05 bits per heavy atom. The van der Waals surface area contributed by atoms with Crippen LogP contribution in [0.3, 0.4) is 0 Å². The summed E-state index contributed by atoms with van der Waals surface area (Å²) in [5.41, 5.74) is 0.215. The quantitative estimate of drug-likeness (QED) is 0.727. The fourth-order valence-corrected chi connectivity index (χ4v) is 2.53. The molecule has 21 heavy (non-hydrogen) atoms. The number of carbonyl (C=O) groups excluding carboxylic acids is 1. The van der Waals surface area contributed by atoms with Crippen molar-refractivity contribution in [2.75, 3.05) is 11.9 Å². The Morgan fingerprint density at radius 1 is 1.43 bits per heavy atom. The van der Waals surface area contributed by atoms with Gasteiger partial charge in [-0.15, -0.1) is 0 Å². The molecule has 0 aliphatic rings. The molecule has 1 rings (SSSR count). The average Bonchev–Trinajstić information content (AvgIpc) is 2.33. The van der Waals surface area contributed by atoms with Gasteiger partial charge in [-0.3, -0.25) is 4.79 Å². The van der Waals surface area contributed by atoms with Crippen molar-refractivity contribution in [2.45, 2.75) is 13.8 Å². The maximum Gasteiger partial charge on any atom is 0.319 e. The third kappa shape index (κ3) is 5.17. The molecule has 0 spiro atoms. The molecule has 0 aliphatic heterocycles. The van der Waals surface area contributed by atoms with Gasteiger partial charge in [-0.1, -0.05) is 25.4 Å². The second-order valence-corrected chi connectivity index (χ2v) is 6.03. The summed E-state index contributed by atoms with van der Waals surface area (Å²) in [5.74, 6) is -2.33. The van der Waals surface area contributed by atoms with E-state index in [0.29, 0.717) is 4.47 Å². The average molecular weight is 382 g/mol. The van der Waals surface area contributed by atoms with E-state index < -0.39 is 23.7 Å². The van der Waals surface area contributed by atoms with Crippen LogP contribution in [0.25, 0.3) is 0 Å². The molecular weight excluding hydrogens is 367 g/mol. The third-order valence-corrected chi connectivity index (χ3v) is 3.77. The molecule has 5 nitrogen and oxygen atoms in total. The Labute approximate surface area is 135 Å². The zero-order valence-corrected chi connectivity index (χ0v) is 13.8. The fourth-order valence-electron chi connectivity index (χ4n) is 1.63. The molecular formula is C13H15BrClFN2O3. The van der Waals surface area contributed by atoms with Gasteiger partial charge in [-0.25, -0.2) is 9.18 Å². The van der Waals surface area contributed by atoms with E-state index in [1.54, 1.807) is 13.8 Å². The van der Waals surface area contributed by atoms with Crippen LogP contribution in [0.5, 0.6) is 0 Å². The molecule has 8 heteroatoms. The third-order valence-electron chi connectivity index (χ3n) is 2.85. The van der Waals surface area contributed by atoms with Crippen molar-refractivity contribution in [3.05, 3.63) is 27.4 Å². The molecule has 0 bridgehead atoms. The van der Waals surface area contributed by atoms with Crippen LogP contribution in [0.15, 0.2) is 16.6 Å². The standard InChI is InChI=1S/C13H15BrClFN2O3/c1-6(2)8(12(19)20)5-17-13(21)18-11-9(14)3-7(16)4-10(11)15/h3-4,6,8H,5H2,1-2H3,(H,19,20)(H2,17,18,21). The summed E-state index contributed by atoms with van der Waals surface area (Å²) in [7, 11) is 0. The zero-order valence-electron chi connectivity index (χ0n) is 11.4. The van der Waals surface area contributed by atoms with E-state index in [2.05, 4.69) is 26.6 Å². The lowest BCUT2D eigenvalue weighted by atomic mass is 9.96. The van der Waals surface area contributed by atoms with E-state index in [1.165, 1.54) is 0 Å².